The molecule has 8 heterocycles. The van der Waals surface area contributed by atoms with Gasteiger partial charge < -0.3 is 41.0 Å². The number of pyridine rings is 2. The van der Waals surface area contributed by atoms with Crippen LogP contribution in [-0.4, -0.2) is 181 Å². The first-order chi connectivity index (χ1) is 44.1. The number of halogens is 2. The SMILES string of the molecule is C[C@@H]1CN(CC(=O)N2CC(C)(C)c3[nH]c(=O)c(Cc4ccc(F)cc4)cc32)[C@@H](CN2CCC[C@H](NC(=O)CCCCCCCCCCCCC(=O)N[C@H]3CCCN(C[C@H]4CN[C@H](C)CN4CC(=O)N4CC(C)(C)c5[nH]c(=O)c(Cc6ccc(F)cc6)cc54)C3)C2)CN1. The van der Waals surface area contributed by atoms with E-state index in [0.29, 0.717) is 49.9 Å². The number of anilines is 2. The fourth-order valence-electron chi connectivity index (χ4n) is 15.2. The molecule has 6 aliphatic heterocycles. The minimum Gasteiger partial charge on any atom is -0.352 e. The lowest BCUT2D eigenvalue weighted by molar-refractivity contribution is -0.123. The zero-order valence-corrected chi connectivity index (χ0v) is 55.8. The molecule has 6 atom stereocenters. The molecular weight excluding hydrogens is 1170 g/mol. The summed E-state index contributed by atoms with van der Waals surface area (Å²) < 4.78 is 27.3. The van der Waals surface area contributed by atoms with Crippen molar-refractivity contribution < 1.29 is 28.0 Å². The number of rotatable bonds is 27. The molecule has 4 saturated heterocycles. The van der Waals surface area contributed by atoms with Gasteiger partial charge in [-0.25, -0.2) is 8.78 Å². The van der Waals surface area contributed by atoms with E-state index >= 15 is 0 Å². The molecule has 0 saturated carbocycles. The van der Waals surface area contributed by atoms with Gasteiger partial charge in [0.2, 0.25) is 23.6 Å². The lowest BCUT2D eigenvalue weighted by Gasteiger charge is -2.43. The van der Waals surface area contributed by atoms with Gasteiger partial charge in [-0.05, 0) is 113 Å². The highest BCUT2D eigenvalue weighted by Crippen LogP contribution is 2.41. The third kappa shape index (κ3) is 18.4. The number of H-pyrrole nitrogens is 2. The van der Waals surface area contributed by atoms with Crippen LogP contribution in [0.25, 0.3) is 0 Å². The summed E-state index contributed by atoms with van der Waals surface area (Å²) in [7, 11) is 0. The van der Waals surface area contributed by atoms with Gasteiger partial charge >= 0.3 is 0 Å². The van der Waals surface area contributed by atoms with E-state index < -0.39 is 10.8 Å². The first kappa shape index (κ1) is 68.7. The zero-order valence-electron chi connectivity index (χ0n) is 55.8. The van der Waals surface area contributed by atoms with Crippen molar-refractivity contribution in [2.24, 2.45) is 0 Å². The second-order valence-electron chi connectivity index (χ2n) is 29.3. The Labute approximate surface area is 543 Å². The fraction of sp³-hybridized carbons (Fsp3) is 0.639. The lowest BCUT2D eigenvalue weighted by atomic mass is 9.91. The summed E-state index contributed by atoms with van der Waals surface area (Å²) in [5.74, 6) is -0.368. The molecule has 0 unspecified atom stereocenters. The number of aromatic amines is 2. The van der Waals surface area contributed by atoms with Crippen LogP contribution in [0, 0.1) is 11.6 Å². The highest BCUT2D eigenvalue weighted by atomic mass is 19.1. The molecule has 0 spiro atoms. The summed E-state index contributed by atoms with van der Waals surface area (Å²) in [5, 5.41) is 14.0. The van der Waals surface area contributed by atoms with E-state index in [2.05, 4.69) is 92.4 Å². The number of unbranched alkanes of at least 4 members (excludes halogenated alkanes) is 9. The second-order valence-corrected chi connectivity index (χ2v) is 29.3. The van der Waals surface area contributed by atoms with E-state index in [-0.39, 0.29) is 95.7 Å². The Morgan fingerprint density at radius 1 is 0.533 bits per heavy atom. The number of amides is 4. The first-order valence-electron chi connectivity index (χ1n) is 34.7. The maximum atomic E-state index is 14.3. The highest BCUT2D eigenvalue weighted by Gasteiger charge is 2.43. The summed E-state index contributed by atoms with van der Waals surface area (Å²) in [6.07, 6.45) is 16.6. The first-order valence-corrected chi connectivity index (χ1v) is 34.7. The Bertz CT molecular complexity index is 3070. The Hall–Kier alpha value is -6.16. The third-order valence-electron chi connectivity index (χ3n) is 20.3. The monoisotopic (exact) mass is 1270 g/mol. The standard InChI is InChI=1S/C72H104F2N12O6/c1-49-39-83(45-65(89)85-47-71(3,4)67-61(85)35-53(69(91)79-67)33-51-23-27-55(73)28-24-51)59(37-75-49)43-81-31-17-19-57(41-81)77-63(87)21-15-13-11-9-7-8-10-12-14-16-22-64(88)78-58-20-18-32-82(42-58)44-60-38-76-50(2)40-84(60)46-66(90)86-48-72(5,6)68-62(86)36-54(70(92)80-68)34-52-25-29-56(74)30-26-52/h23-30,35-36,49-50,57-60,75-76H,7-22,31-34,37-48H2,1-6H3,(H,77,87)(H,78,88)(H,79,91)(H,80,92)/t49-,50-,57+,58+,59-,60-/m1/s1. The molecule has 10 rings (SSSR count). The summed E-state index contributed by atoms with van der Waals surface area (Å²) in [6.45, 7) is 22.1. The van der Waals surface area contributed by atoms with Gasteiger partial charge in [0.25, 0.3) is 11.1 Å². The number of nitrogens with one attached hydrogen (secondary N) is 6. The molecule has 0 aliphatic carbocycles. The maximum Gasteiger partial charge on any atom is 0.251 e. The fourth-order valence-corrected chi connectivity index (χ4v) is 15.2. The smallest absolute Gasteiger partial charge is 0.251 e. The van der Waals surface area contributed by atoms with Gasteiger partial charge in [0.15, 0.2) is 0 Å². The highest BCUT2D eigenvalue weighted by molar-refractivity contribution is 5.98. The van der Waals surface area contributed by atoms with Crippen LogP contribution in [0.15, 0.2) is 70.3 Å². The number of piperazine rings is 2. The third-order valence-corrected chi connectivity index (χ3v) is 20.3. The van der Waals surface area contributed by atoms with Crippen molar-refractivity contribution in [3.05, 3.63) is 127 Å². The number of hydrogen-bond acceptors (Lipinski definition) is 12. The molecule has 4 aromatic rings. The molecular formula is C72H104F2N12O6. The molecule has 2 aromatic carbocycles. The molecule has 4 fully saturated rings. The summed E-state index contributed by atoms with van der Waals surface area (Å²) >= 11 is 0. The molecule has 2 aromatic heterocycles. The maximum absolute atomic E-state index is 14.3. The van der Waals surface area contributed by atoms with Crippen molar-refractivity contribution in [2.75, 3.05) is 101 Å². The number of likely N-dealkylation sites (tertiary alicyclic amines) is 2. The van der Waals surface area contributed by atoms with E-state index in [4.69, 9.17) is 0 Å². The Kier molecular flexibility index (Phi) is 23.4. The quantitative estimate of drug-likeness (QED) is 0.0320. The van der Waals surface area contributed by atoms with Crippen molar-refractivity contribution >= 4 is 35.0 Å². The number of carbonyl (C=O) groups is 4. The van der Waals surface area contributed by atoms with Gasteiger partial charge in [0, 0.05) is 161 Å². The summed E-state index contributed by atoms with van der Waals surface area (Å²) in [4.78, 5) is 101. The summed E-state index contributed by atoms with van der Waals surface area (Å²) in [5.41, 5.74) is 4.53. The van der Waals surface area contributed by atoms with Crippen molar-refractivity contribution in [1.29, 1.82) is 0 Å². The number of hydrogen-bond donors (Lipinski definition) is 6. The predicted octanol–water partition coefficient (Wildman–Crippen LogP) is 7.64. The lowest BCUT2D eigenvalue weighted by Crippen LogP contribution is -2.62. The van der Waals surface area contributed by atoms with Crippen LogP contribution in [0.1, 0.15) is 178 Å². The number of fused-ring (bicyclic) bond motifs is 2. The van der Waals surface area contributed by atoms with Gasteiger partial charge in [-0.15, -0.1) is 0 Å². The van der Waals surface area contributed by atoms with Crippen LogP contribution in [0.5, 0.6) is 0 Å². The molecule has 20 heteroatoms. The van der Waals surface area contributed by atoms with E-state index in [0.717, 1.165) is 164 Å². The topological polar surface area (TPSA) is 202 Å². The molecule has 18 nitrogen and oxygen atoms in total. The largest absolute Gasteiger partial charge is 0.352 e. The van der Waals surface area contributed by atoms with Gasteiger partial charge in [0.05, 0.1) is 24.5 Å². The zero-order chi connectivity index (χ0) is 65.1. The van der Waals surface area contributed by atoms with E-state index in [1.165, 1.54) is 49.9 Å². The average Bonchev–Trinajstić information content (AvgIpc) is 1.61. The molecule has 0 radical (unpaired) electrons. The van der Waals surface area contributed by atoms with Crippen LogP contribution >= 0.6 is 0 Å². The van der Waals surface area contributed by atoms with Crippen LogP contribution in [0.4, 0.5) is 20.2 Å². The van der Waals surface area contributed by atoms with Crippen molar-refractivity contribution in [3.63, 3.8) is 0 Å². The molecule has 6 aliphatic rings. The van der Waals surface area contributed by atoms with Gasteiger partial charge in [0.1, 0.15) is 11.6 Å². The van der Waals surface area contributed by atoms with Gasteiger partial charge in [-0.1, -0.05) is 103 Å². The van der Waals surface area contributed by atoms with Crippen molar-refractivity contribution in [3.8, 4) is 0 Å². The second kappa shape index (κ2) is 31.4. The van der Waals surface area contributed by atoms with E-state index in [1.54, 1.807) is 24.3 Å². The average molecular weight is 1270 g/mol. The number of piperidine rings is 2. The Morgan fingerprint density at radius 2 is 0.902 bits per heavy atom. The number of carbonyl (C=O) groups excluding carboxylic acids is 4. The number of benzene rings is 2. The minimum absolute atomic E-state index is 0.00623. The van der Waals surface area contributed by atoms with Crippen LogP contribution in [0.2, 0.25) is 0 Å². The van der Waals surface area contributed by atoms with E-state index in [1.807, 2.05) is 21.9 Å². The normalized spacial score (nSPS) is 23.5. The Balaban J connectivity index is 0.570. The van der Waals surface area contributed by atoms with Crippen LogP contribution in [0.3, 0.4) is 0 Å². The van der Waals surface area contributed by atoms with E-state index in [9.17, 15) is 37.5 Å². The van der Waals surface area contributed by atoms with Crippen LogP contribution < -0.4 is 42.2 Å². The number of nitrogens with zero attached hydrogens (tertiary/aromatic N) is 6. The Morgan fingerprint density at radius 3 is 1.28 bits per heavy atom. The molecule has 4 amide bonds. The van der Waals surface area contributed by atoms with Gasteiger partial charge in [-0.2, -0.15) is 0 Å². The molecule has 6 N–H and O–H groups in total. The number of aromatic nitrogens is 2. The van der Waals surface area contributed by atoms with Crippen molar-refractivity contribution in [2.45, 2.75) is 204 Å². The molecule has 92 heavy (non-hydrogen) atoms. The predicted molar refractivity (Wildman–Crippen MR) is 360 cm³/mol. The van der Waals surface area contributed by atoms with Crippen LogP contribution in [-0.2, 0) is 42.8 Å². The summed E-state index contributed by atoms with van der Waals surface area (Å²) in [6, 6.07) is 17.0. The molecule has 0 bridgehead atoms. The van der Waals surface area contributed by atoms with Gasteiger partial charge in [-0.3, -0.25) is 48.4 Å². The minimum atomic E-state index is -0.426. The van der Waals surface area contributed by atoms with Crippen molar-refractivity contribution in [1.82, 2.24) is 50.8 Å². The molecule has 502 valence electrons.